The number of halogens is 2. The maximum atomic E-state index is 6.25. The summed E-state index contributed by atoms with van der Waals surface area (Å²) in [6.45, 7) is 8.18. The van der Waals surface area contributed by atoms with Gasteiger partial charge in [-0.3, -0.25) is 4.90 Å². The molecule has 2 fully saturated rings. The van der Waals surface area contributed by atoms with Crippen LogP contribution in [0.2, 0.25) is 0 Å². The lowest BCUT2D eigenvalue weighted by atomic mass is 9.82. The van der Waals surface area contributed by atoms with Gasteiger partial charge in [-0.15, -0.1) is 24.8 Å². The van der Waals surface area contributed by atoms with Gasteiger partial charge in [-0.1, -0.05) is 12.1 Å². The molecule has 0 radical (unpaired) electrons. The highest BCUT2D eigenvalue weighted by atomic mass is 35.5. The third-order valence-electron chi connectivity index (χ3n) is 6.20. The lowest BCUT2D eigenvalue weighted by molar-refractivity contribution is -0.119. The zero-order valence-electron chi connectivity index (χ0n) is 17.7. The standard InChI is InChI=1S/C22H32N4O.2ClH/c1-17-13-18(2)26(24-17)20-6-4-5-19(14-20)16-25(3)21-7-12-27-22(15-21)8-10-23-11-9-22;;/h4-6,13-14,21,23H,7-12,15-16H2,1-3H3;2*1H. The van der Waals surface area contributed by atoms with Crippen LogP contribution in [0.3, 0.4) is 0 Å². The van der Waals surface area contributed by atoms with E-state index in [1.165, 1.54) is 11.3 Å². The van der Waals surface area contributed by atoms with E-state index in [0.29, 0.717) is 6.04 Å². The lowest BCUT2D eigenvalue weighted by Gasteiger charge is -2.46. The summed E-state index contributed by atoms with van der Waals surface area (Å²) in [5.41, 5.74) is 4.83. The largest absolute Gasteiger partial charge is 0.375 e. The Kier molecular flexibility index (Phi) is 8.56. The van der Waals surface area contributed by atoms with Crippen molar-refractivity contribution in [1.82, 2.24) is 20.0 Å². The molecule has 29 heavy (non-hydrogen) atoms. The first-order valence-electron chi connectivity index (χ1n) is 10.2. The Morgan fingerprint density at radius 2 is 1.97 bits per heavy atom. The van der Waals surface area contributed by atoms with Gasteiger partial charge in [0.05, 0.1) is 17.0 Å². The molecule has 0 bridgehead atoms. The van der Waals surface area contributed by atoms with Gasteiger partial charge in [-0.2, -0.15) is 5.10 Å². The van der Waals surface area contributed by atoms with Crippen molar-refractivity contribution in [2.45, 2.75) is 57.7 Å². The van der Waals surface area contributed by atoms with E-state index in [1.54, 1.807) is 0 Å². The molecule has 1 aromatic heterocycles. The number of aromatic nitrogens is 2. The van der Waals surface area contributed by atoms with Crippen LogP contribution in [0, 0.1) is 13.8 Å². The van der Waals surface area contributed by atoms with Gasteiger partial charge < -0.3 is 10.1 Å². The van der Waals surface area contributed by atoms with Gasteiger partial charge >= 0.3 is 0 Å². The number of piperidine rings is 1. The number of nitrogens with zero attached hydrogens (tertiary/aromatic N) is 3. The lowest BCUT2D eigenvalue weighted by Crippen LogP contribution is -2.52. The third kappa shape index (κ3) is 5.53. The Labute approximate surface area is 187 Å². The molecule has 1 unspecified atom stereocenters. The predicted octanol–water partition coefficient (Wildman–Crippen LogP) is 4.07. The van der Waals surface area contributed by atoms with Gasteiger partial charge in [0, 0.05) is 24.9 Å². The topological polar surface area (TPSA) is 42.3 Å². The van der Waals surface area contributed by atoms with Gasteiger partial charge in [0.1, 0.15) is 0 Å². The normalized spacial score (nSPS) is 20.9. The Morgan fingerprint density at radius 1 is 1.21 bits per heavy atom. The Bertz CT molecular complexity index is 783. The van der Waals surface area contributed by atoms with E-state index in [4.69, 9.17) is 4.74 Å². The van der Waals surface area contributed by atoms with E-state index in [9.17, 15) is 0 Å². The van der Waals surface area contributed by atoms with Crippen LogP contribution >= 0.6 is 24.8 Å². The second kappa shape index (κ2) is 10.3. The van der Waals surface area contributed by atoms with Crippen molar-refractivity contribution < 1.29 is 4.74 Å². The summed E-state index contributed by atoms with van der Waals surface area (Å²) in [6.07, 6.45) is 4.57. The van der Waals surface area contributed by atoms with E-state index in [1.807, 2.05) is 11.6 Å². The van der Waals surface area contributed by atoms with Gasteiger partial charge in [0.2, 0.25) is 0 Å². The summed E-state index contributed by atoms with van der Waals surface area (Å²) in [6, 6.07) is 11.5. The van der Waals surface area contributed by atoms with Crippen LogP contribution in [0.4, 0.5) is 0 Å². The first-order valence-corrected chi connectivity index (χ1v) is 10.2. The van der Waals surface area contributed by atoms with E-state index in [2.05, 4.69) is 59.6 Å². The molecule has 4 rings (SSSR count). The highest BCUT2D eigenvalue weighted by Crippen LogP contribution is 2.35. The van der Waals surface area contributed by atoms with Crippen LogP contribution < -0.4 is 5.32 Å². The van der Waals surface area contributed by atoms with E-state index < -0.39 is 0 Å². The van der Waals surface area contributed by atoms with E-state index in [-0.39, 0.29) is 30.4 Å². The summed E-state index contributed by atoms with van der Waals surface area (Å²) in [5, 5.41) is 8.09. The van der Waals surface area contributed by atoms with Crippen LogP contribution in [0.15, 0.2) is 30.3 Å². The fourth-order valence-corrected chi connectivity index (χ4v) is 4.70. The van der Waals surface area contributed by atoms with Crippen molar-refractivity contribution in [3.05, 3.63) is 47.3 Å². The molecule has 3 heterocycles. The first-order chi connectivity index (χ1) is 13.0. The van der Waals surface area contributed by atoms with E-state index >= 15 is 0 Å². The van der Waals surface area contributed by atoms with Crippen molar-refractivity contribution in [3.8, 4) is 5.69 Å². The number of rotatable bonds is 4. The molecule has 7 heteroatoms. The second-order valence-corrected chi connectivity index (χ2v) is 8.35. The highest BCUT2D eigenvalue weighted by molar-refractivity contribution is 5.85. The number of benzene rings is 1. The summed E-state index contributed by atoms with van der Waals surface area (Å²) >= 11 is 0. The molecule has 1 spiro atoms. The minimum absolute atomic E-state index is 0. The molecule has 1 atom stereocenters. The summed E-state index contributed by atoms with van der Waals surface area (Å²) in [5.74, 6) is 0. The third-order valence-corrected chi connectivity index (χ3v) is 6.20. The van der Waals surface area contributed by atoms with Crippen molar-refractivity contribution in [1.29, 1.82) is 0 Å². The molecule has 2 aliphatic heterocycles. The van der Waals surface area contributed by atoms with Crippen LogP contribution in [-0.2, 0) is 11.3 Å². The van der Waals surface area contributed by atoms with Crippen LogP contribution in [0.1, 0.15) is 42.6 Å². The monoisotopic (exact) mass is 440 g/mol. The molecular formula is C22H34Cl2N4O. The molecule has 2 saturated heterocycles. The predicted molar refractivity (Wildman–Crippen MR) is 123 cm³/mol. The molecule has 0 aliphatic carbocycles. The van der Waals surface area contributed by atoms with Crippen molar-refractivity contribution in [2.75, 3.05) is 26.7 Å². The zero-order valence-corrected chi connectivity index (χ0v) is 19.3. The summed E-state index contributed by atoms with van der Waals surface area (Å²) in [7, 11) is 2.26. The molecule has 1 aromatic carbocycles. The van der Waals surface area contributed by atoms with Crippen molar-refractivity contribution in [2.24, 2.45) is 0 Å². The molecule has 2 aliphatic rings. The Morgan fingerprint density at radius 3 is 2.66 bits per heavy atom. The van der Waals surface area contributed by atoms with Crippen molar-refractivity contribution in [3.63, 3.8) is 0 Å². The fraction of sp³-hybridized carbons (Fsp3) is 0.591. The number of hydrogen-bond donors (Lipinski definition) is 1. The average Bonchev–Trinajstić information content (AvgIpc) is 3.01. The van der Waals surface area contributed by atoms with Crippen LogP contribution in [0.25, 0.3) is 5.69 Å². The molecule has 162 valence electrons. The minimum atomic E-state index is 0. The number of hydrogen-bond acceptors (Lipinski definition) is 4. The maximum Gasteiger partial charge on any atom is 0.0721 e. The smallest absolute Gasteiger partial charge is 0.0721 e. The number of aryl methyl sites for hydroxylation is 2. The van der Waals surface area contributed by atoms with Crippen molar-refractivity contribution >= 4 is 24.8 Å². The van der Waals surface area contributed by atoms with Crippen LogP contribution in [-0.4, -0.2) is 53.1 Å². The molecular weight excluding hydrogens is 407 g/mol. The van der Waals surface area contributed by atoms with Crippen LogP contribution in [0.5, 0.6) is 0 Å². The SMILES string of the molecule is Cc1cc(C)n(-c2cccc(CN(C)C3CCOC4(CCNCC4)C3)c2)n1.Cl.Cl. The first kappa shape index (κ1) is 24.2. The molecule has 2 aromatic rings. The number of ether oxygens (including phenoxy) is 1. The molecule has 0 saturated carbocycles. The van der Waals surface area contributed by atoms with Gasteiger partial charge in [-0.05, 0) is 83.4 Å². The van der Waals surface area contributed by atoms with E-state index in [0.717, 1.165) is 63.3 Å². The summed E-state index contributed by atoms with van der Waals surface area (Å²) in [4.78, 5) is 2.52. The maximum absolute atomic E-state index is 6.25. The number of nitrogens with one attached hydrogen (secondary N) is 1. The fourth-order valence-electron chi connectivity index (χ4n) is 4.70. The molecule has 1 N–H and O–H groups in total. The Balaban J connectivity index is 0.00000150. The summed E-state index contributed by atoms with van der Waals surface area (Å²) < 4.78 is 8.29. The molecule has 5 nitrogen and oxygen atoms in total. The van der Waals surface area contributed by atoms with Gasteiger partial charge in [-0.25, -0.2) is 4.68 Å². The zero-order chi connectivity index (χ0) is 18.9. The minimum Gasteiger partial charge on any atom is -0.375 e. The second-order valence-electron chi connectivity index (χ2n) is 8.35. The highest BCUT2D eigenvalue weighted by Gasteiger charge is 2.39. The quantitative estimate of drug-likeness (QED) is 0.777. The average molecular weight is 441 g/mol. The van der Waals surface area contributed by atoms with Gasteiger partial charge in [0.25, 0.3) is 0 Å². The molecule has 0 amide bonds. The van der Waals surface area contributed by atoms with Gasteiger partial charge in [0.15, 0.2) is 0 Å². The Hall–Kier alpha value is -1.11.